The fourth-order valence-corrected chi connectivity index (χ4v) is 2.37. The Kier molecular flexibility index (Phi) is 6.06. The topological polar surface area (TPSA) is 150 Å². The molecular weight excluding hydrogens is 326 g/mol. The van der Waals surface area contributed by atoms with Crippen molar-refractivity contribution in [1.82, 2.24) is 0 Å². The van der Waals surface area contributed by atoms with Crippen LogP contribution >= 0.6 is 0 Å². The molecule has 0 unspecified atom stereocenters. The van der Waals surface area contributed by atoms with Gasteiger partial charge in [0.15, 0.2) is 0 Å². The van der Waals surface area contributed by atoms with Gasteiger partial charge in [0.1, 0.15) is 5.75 Å². The fraction of sp³-hybridized carbons (Fsp3) is 0.100. The van der Waals surface area contributed by atoms with E-state index >= 15 is 0 Å². The summed E-state index contributed by atoms with van der Waals surface area (Å²) in [6, 6.07) is 18.6. The van der Waals surface area contributed by atoms with E-state index in [1.54, 1.807) is 6.07 Å². The van der Waals surface area contributed by atoms with Crippen LogP contribution in [0.5, 0.6) is 5.75 Å². The maximum Gasteiger partial charge on any atom is 0.117 e. The van der Waals surface area contributed by atoms with Gasteiger partial charge in [-0.15, -0.1) is 0 Å². The standard InChI is InChI=1S/C14H17N3.C6H8N2O/c1-9-2-4-10(5-3-9)11-6-7-12(14(16)17)13(15)8-11;7-5-2-1-4(9)3-6(5)8/h2-8,14H,15-17H2,1H3;1-3,9H,7-8H2. The molecule has 0 fully saturated rings. The molecule has 0 aromatic heterocycles. The second-order valence-electron chi connectivity index (χ2n) is 6.05. The van der Waals surface area contributed by atoms with Crippen LogP contribution in [0.4, 0.5) is 17.1 Å². The molecule has 0 aliphatic heterocycles. The summed E-state index contributed by atoms with van der Waals surface area (Å²) in [5, 5.41) is 8.80. The van der Waals surface area contributed by atoms with Gasteiger partial charge in [0.25, 0.3) is 0 Å². The summed E-state index contributed by atoms with van der Waals surface area (Å²) < 4.78 is 0. The van der Waals surface area contributed by atoms with Crippen molar-refractivity contribution >= 4 is 17.1 Å². The Morgan fingerprint density at radius 3 is 1.81 bits per heavy atom. The van der Waals surface area contributed by atoms with Gasteiger partial charge in [0.2, 0.25) is 0 Å². The van der Waals surface area contributed by atoms with Crippen molar-refractivity contribution in [3.63, 3.8) is 0 Å². The lowest BCUT2D eigenvalue weighted by Crippen LogP contribution is -2.21. The van der Waals surface area contributed by atoms with E-state index in [2.05, 4.69) is 31.2 Å². The number of benzene rings is 3. The SMILES string of the molecule is Cc1ccc(-c2ccc(C(N)N)c(N)c2)cc1.Nc1ccc(O)cc1N. The fourth-order valence-electron chi connectivity index (χ4n) is 2.37. The van der Waals surface area contributed by atoms with E-state index < -0.39 is 6.17 Å². The van der Waals surface area contributed by atoms with Gasteiger partial charge in [-0.1, -0.05) is 42.0 Å². The Bertz CT molecular complexity index is 876. The number of nitrogen functional groups attached to an aromatic ring is 3. The van der Waals surface area contributed by atoms with Crippen LogP contribution in [0.25, 0.3) is 11.1 Å². The zero-order valence-corrected chi connectivity index (χ0v) is 14.7. The minimum Gasteiger partial charge on any atom is -0.508 e. The van der Waals surface area contributed by atoms with Crippen molar-refractivity contribution in [2.24, 2.45) is 11.5 Å². The predicted octanol–water partition coefficient (Wildman–Crippen LogP) is 2.72. The molecule has 0 bridgehead atoms. The van der Waals surface area contributed by atoms with Crippen LogP contribution in [0, 0.1) is 6.92 Å². The van der Waals surface area contributed by atoms with Crippen molar-refractivity contribution in [1.29, 1.82) is 0 Å². The summed E-state index contributed by atoms with van der Waals surface area (Å²) in [7, 11) is 0. The molecule has 0 radical (unpaired) electrons. The molecule has 0 heterocycles. The lowest BCUT2D eigenvalue weighted by Gasteiger charge is -2.11. The van der Waals surface area contributed by atoms with Gasteiger partial charge >= 0.3 is 0 Å². The average Bonchev–Trinajstić information content (AvgIpc) is 2.59. The Morgan fingerprint density at radius 1 is 0.692 bits per heavy atom. The number of nitrogens with two attached hydrogens (primary N) is 5. The van der Waals surface area contributed by atoms with Gasteiger partial charge in [0, 0.05) is 17.3 Å². The molecule has 3 aromatic carbocycles. The van der Waals surface area contributed by atoms with Crippen molar-refractivity contribution in [3.05, 3.63) is 71.8 Å². The third kappa shape index (κ3) is 4.89. The molecule has 136 valence electrons. The highest BCUT2D eigenvalue weighted by Gasteiger charge is 2.06. The first-order chi connectivity index (χ1) is 12.3. The molecule has 6 heteroatoms. The second kappa shape index (κ2) is 8.24. The van der Waals surface area contributed by atoms with Gasteiger partial charge in [0.05, 0.1) is 17.5 Å². The molecule has 0 atom stereocenters. The zero-order valence-electron chi connectivity index (χ0n) is 14.7. The Balaban J connectivity index is 0.000000228. The van der Waals surface area contributed by atoms with Crippen LogP contribution in [0.1, 0.15) is 17.3 Å². The monoisotopic (exact) mass is 351 g/mol. The smallest absolute Gasteiger partial charge is 0.117 e. The van der Waals surface area contributed by atoms with E-state index in [-0.39, 0.29) is 5.75 Å². The first-order valence-corrected chi connectivity index (χ1v) is 8.09. The summed E-state index contributed by atoms with van der Waals surface area (Å²) in [5.41, 5.74) is 33.6. The Labute approximate surface area is 153 Å². The van der Waals surface area contributed by atoms with E-state index in [1.807, 2.05) is 18.2 Å². The highest BCUT2D eigenvalue weighted by atomic mass is 16.3. The van der Waals surface area contributed by atoms with E-state index in [0.717, 1.165) is 16.7 Å². The van der Waals surface area contributed by atoms with Gasteiger partial charge in [-0.2, -0.15) is 0 Å². The lowest BCUT2D eigenvalue weighted by molar-refractivity contribution is 0.476. The molecule has 11 N–H and O–H groups in total. The molecule has 6 nitrogen and oxygen atoms in total. The van der Waals surface area contributed by atoms with Crippen LogP contribution < -0.4 is 28.7 Å². The number of hydrogen-bond acceptors (Lipinski definition) is 6. The third-order valence-corrected chi connectivity index (χ3v) is 3.90. The largest absolute Gasteiger partial charge is 0.508 e. The normalized spacial score (nSPS) is 10.3. The van der Waals surface area contributed by atoms with Crippen LogP contribution in [-0.2, 0) is 0 Å². The summed E-state index contributed by atoms with van der Waals surface area (Å²) in [6.45, 7) is 2.06. The van der Waals surface area contributed by atoms with Gasteiger partial charge in [-0.05, 0) is 36.2 Å². The molecule has 0 aliphatic carbocycles. The first kappa shape index (κ1) is 19.1. The second-order valence-corrected chi connectivity index (χ2v) is 6.05. The molecule has 0 saturated carbocycles. The number of aryl methyl sites for hydroxylation is 1. The molecule has 3 aromatic rings. The summed E-state index contributed by atoms with van der Waals surface area (Å²) in [4.78, 5) is 0. The van der Waals surface area contributed by atoms with E-state index in [0.29, 0.717) is 17.1 Å². The van der Waals surface area contributed by atoms with E-state index in [9.17, 15) is 0 Å². The number of phenols is 1. The average molecular weight is 351 g/mol. The van der Waals surface area contributed by atoms with Crippen LogP contribution in [-0.4, -0.2) is 5.11 Å². The number of phenolic OH excluding ortho intramolecular Hbond substituents is 1. The molecule has 0 spiro atoms. The van der Waals surface area contributed by atoms with Gasteiger partial charge in [-0.25, -0.2) is 0 Å². The molecular formula is C20H25N5O. The lowest BCUT2D eigenvalue weighted by atomic mass is 10.0. The first-order valence-electron chi connectivity index (χ1n) is 8.09. The maximum absolute atomic E-state index is 8.80. The van der Waals surface area contributed by atoms with Crippen molar-refractivity contribution in [3.8, 4) is 16.9 Å². The van der Waals surface area contributed by atoms with E-state index in [1.165, 1.54) is 17.7 Å². The number of aromatic hydroxyl groups is 1. The number of rotatable bonds is 2. The molecule has 0 amide bonds. The van der Waals surface area contributed by atoms with Gasteiger partial charge in [-0.3, -0.25) is 0 Å². The van der Waals surface area contributed by atoms with Crippen molar-refractivity contribution in [2.75, 3.05) is 17.2 Å². The minimum atomic E-state index is -0.526. The van der Waals surface area contributed by atoms with Gasteiger partial charge < -0.3 is 33.8 Å². The molecule has 0 saturated heterocycles. The highest BCUT2D eigenvalue weighted by Crippen LogP contribution is 2.25. The van der Waals surface area contributed by atoms with Crippen LogP contribution in [0.15, 0.2) is 60.7 Å². The molecule has 0 aliphatic rings. The maximum atomic E-state index is 8.80. The van der Waals surface area contributed by atoms with Crippen LogP contribution in [0.2, 0.25) is 0 Å². The molecule has 26 heavy (non-hydrogen) atoms. The van der Waals surface area contributed by atoms with E-state index in [4.69, 9.17) is 33.8 Å². The van der Waals surface area contributed by atoms with Crippen molar-refractivity contribution in [2.45, 2.75) is 13.1 Å². The predicted molar refractivity (Wildman–Crippen MR) is 109 cm³/mol. The Hall–Kier alpha value is -3.22. The summed E-state index contributed by atoms with van der Waals surface area (Å²) >= 11 is 0. The van der Waals surface area contributed by atoms with Crippen LogP contribution in [0.3, 0.4) is 0 Å². The summed E-state index contributed by atoms with van der Waals surface area (Å²) in [6.07, 6.45) is -0.526. The number of hydrogen-bond donors (Lipinski definition) is 6. The summed E-state index contributed by atoms with van der Waals surface area (Å²) in [5.74, 6) is 0.140. The molecule has 3 rings (SSSR count). The Morgan fingerprint density at radius 2 is 1.31 bits per heavy atom. The zero-order chi connectivity index (χ0) is 19.3. The number of anilines is 3. The highest BCUT2D eigenvalue weighted by molar-refractivity contribution is 5.69. The van der Waals surface area contributed by atoms with Crippen molar-refractivity contribution < 1.29 is 5.11 Å². The third-order valence-electron chi connectivity index (χ3n) is 3.90. The minimum absolute atomic E-state index is 0.140. The quantitative estimate of drug-likeness (QED) is 0.237.